The van der Waals surface area contributed by atoms with E-state index in [-0.39, 0.29) is 22.8 Å². The molecule has 0 radical (unpaired) electrons. The molecule has 2 aromatic carbocycles. The van der Waals surface area contributed by atoms with Gasteiger partial charge in [-0.2, -0.15) is 13.2 Å². The van der Waals surface area contributed by atoms with Gasteiger partial charge in [-0.15, -0.1) is 0 Å². The smallest absolute Gasteiger partial charge is 0.406 e. The maximum Gasteiger partial charge on any atom is 0.406 e. The van der Waals surface area contributed by atoms with E-state index in [9.17, 15) is 37.5 Å². The number of aryl methyl sites for hydroxylation is 1. The van der Waals surface area contributed by atoms with Gasteiger partial charge in [0.25, 0.3) is 0 Å². The van der Waals surface area contributed by atoms with E-state index in [1.54, 1.807) is 19.1 Å². The monoisotopic (exact) mass is 514 g/mol. The summed E-state index contributed by atoms with van der Waals surface area (Å²) in [6.07, 6.45) is -5.63. The molecule has 0 saturated carbocycles. The number of carboxylic acids is 4. The average molecular weight is 514 g/mol. The molecular formula is C24H25F3O9. The first-order valence-corrected chi connectivity index (χ1v) is 10.4. The summed E-state index contributed by atoms with van der Waals surface area (Å²) in [6.45, 7) is 4.89. The Bertz CT molecular complexity index is 1120. The van der Waals surface area contributed by atoms with Crippen LogP contribution in [0.4, 0.5) is 13.2 Å². The summed E-state index contributed by atoms with van der Waals surface area (Å²) in [5.74, 6) is -8.15. The number of ether oxygens (including phenoxy) is 1. The third-order valence-electron chi connectivity index (χ3n) is 4.85. The summed E-state index contributed by atoms with van der Waals surface area (Å²) in [6, 6.07) is 8.21. The predicted molar refractivity (Wildman–Crippen MR) is 120 cm³/mol. The first-order valence-electron chi connectivity index (χ1n) is 10.4. The zero-order chi connectivity index (χ0) is 27.8. The summed E-state index contributed by atoms with van der Waals surface area (Å²) < 4.78 is 43.1. The third kappa shape index (κ3) is 8.29. The second kappa shape index (κ2) is 12.6. The summed E-state index contributed by atoms with van der Waals surface area (Å²) in [5, 5.41) is 35.1. The Labute approximate surface area is 203 Å². The molecule has 0 aliphatic rings. The highest BCUT2D eigenvalue weighted by molar-refractivity contribution is 5.93. The van der Waals surface area contributed by atoms with Gasteiger partial charge in [0.05, 0.1) is 6.42 Å². The van der Waals surface area contributed by atoms with Gasteiger partial charge >= 0.3 is 30.1 Å². The van der Waals surface area contributed by atoms with Crippen molar-refractivity contribution in [2.45, 2.75) is 45.2 Å². The minimum atomic E-state index is -4.97. The van der Waals surface area contributed by atoms with Crippen molar-refractivity contribution < 1.29 is 57.5 Å². The van der Waals surface area contributed by atoms with Crippen molar-refractivity contribution in [1.29, 1.82) is 0 Å². The van der Waals surface area contributed by atoms with E-state index in [1.165, 1.54) is 18.2 Å². The van der Waals surface area contributed by atoms with E-state index >= 15 is 0 Å². The van der Waals surface area contributed by atoms with Gasteiger partial charge in [0.15, 0.2) is 12.5 Å². The lowest BCUT2D eigenvalue weighted by atomic mass is 9.92. The van der Waals surface area contributed by atoms with Gasteiger partial charge < -0.3 is 25.2 Å². The second-order valence-electron chi connectivity index (χ2n) is 7.90. The molecule has 1 unspecified atom stereocenters. The van der Waals surface area contributed by atoms with Crippen LogP contribution in [0.25, 0.3) is 0 Å². The van der Waals surface area contributed by atoms with Crippen LogP contribution in [0.3, 0.4) is 0 Å². The number of benzene rings is 2. The van der Waals surface area contributed by atoms with Gasteiger partial charge in [0.2, 0.25) is 0 Å². The number of carboxylic acid groups (broad SMARTS) is 4. The SMILES string of the molecule is Cc1ccc(C(C)C)c(OCC(=O)O)c1C(=O)O.O=C(O)Cc1ccccc1C(C(=O)O)C(F)(F)F. The highest BCUT2D eigenvalue weighted by atomic mass is 19.4. The molecule has 0 spiro atoms. The molecule has 36 heavy (non-hydrogen) atoms. The van der Waals surface area contributed by atoms with Crippen LogP contribution in [-0.4, -0.2) is 57.1 Å². The maximum absolute atomic E-state index is 12.6. The van der Waals surface area contributed by atoms with E-state index in [0.717, 1.165) is 6.07 Å². The van der Waals surface area contributed by atoms with Crippen molar-refractivity contribution in [2.24, 2.45) is 0 Å². The molecule has 0 amide bonds. The molecule has 0 bridgehead atoms. The fourth-order valence-corrected chi connectivity index (χ4v) is 3.30. The Morgan fingerprint density at radius 1 is 0.889 bits per heavy atom. The van der Waals surface area contributed by atoms with Crippen molar-refractivity contribution in [3.8, 4) is 5.75 Å². The van der Waals surface area contributed by atoms with E-state index in [0.29, 0.717) is 11.1 Å². The first-order chi connectivity index (χ1) is 16.6. The van der Waals surface area contributed by atoms with Crippen LogP contribution in [0.15, 0.2) is 36.4 Å². The predicted octanol–water partition coefficient (Wildman–Crippen LogP) is 4.32. The zero-order valence-corrected chi connectivity index (χ0v) is 19.5. The molecule has 12 heteroatoms. The summed E-state index contributed by atoms with van der Waals surface area (Å²) in [5.41, 5.74) is 0.573. The van der Waals surface area contributed by atoms with Gasteiger partial charge in [-0.05, 0) is 35.1 Å². The number of hydrogen-bond donors (Lipinski definition) is 4. The van der Waals surface area contributed by atoms with Gasteiger partial charge in [0, 0.05) is 0 Å². The lowest BCUT2D eigenvalue weighted by Crippen LogP contribution is -2.29. The number of carbonyl (C=O) groups is 4. The Balaban J connectivity index is 0.000000360. The molecule has 0 aliphatic heterocycles. The number of halogens is 3. The van der Waals surface area contributed by atoms with Gasteiger partial charge in [0.1, 0.15) is 11.3 Å². The standard InChI is InChI=1S/C13H16O5.C11H9F3O4/c1-7(2)9-5-4-8(3)11(13(16)17)12(9)18-6-10(14)15;12-11(13,14)9(10(17)18)7-4-2-1-3-6(7)5-8(15)16/h4-5,7H,6H2,1-3H3,(H,14,15)(H,16,17);1-4,9H,5H2,(H,15,16)(H,17,18). The number of aliphatic carboxylic acids is 3. The lowest BCUT2D eigenvalue weighted by molar-refractivity contribution is -0.176. The minimum Gasteiger partial charge on any atom is -0.481 e. The normalized spacial score (nSPS) is 11.8. The van der Waals surface area contributed by atoms with Crippen molar-refractivity contribution in [3.63, 3.8) is 0 Å². The van der Waals surface area contributed by atoms with E-state index < -0.39 is 54.6 Å². The van der Waals surface area contributed by atoms with Crippen LogP contribution in [-0.2, 0) is 20.8 Å². The van der Waals surface area contributed by atoms with Crippen LogP contribution in [0.5, 0.6) is 5.75 Å². The molecule has 0 aliphatic carbocycles. The Morgan fingerprint density at radius 3 is 1.92 bits per heavy atom. The highest BCUT2D eigenvalue weighted by Crippen LogP contribution is 2.37. The molecule has 9 nitrogen and oxygen atoms in total. The summed E-state index contributed by atoms with van der Waals surface area (Å²) in [7, 11) is 0. The lowest BCUT2D eigenvalue weighted by Gasteiger charge is -2.18. The molecule has 2 rings (SSSR count). The van der Waals surface area contributed by atoms with Crippen LogP contribution >= 0.6 is 0 Å². The molecule has 0 fully saturated rings. The Morgan fingerprint density at radius 2 is 1.47 bits per heavy atom. The van der Waals surface area contributed by atoms with Crippen LogP contribution in [0.1, 0.15) is 58.3 Å². The Kier molecular flexibility index (Phi) is 10.5. The van der Waals surface area contributed by atoms with E-state index in [1.807, 2.05) is 13.8 Å². The van der Waals surface area contributed by atoms with Crippen LogP contribution < -0.4 is 4.74 Å². The fraction of sp³-hybridized carbons (Fsp3) is 0.333. The molecule has 0 aromatic heterocycles. The fourth-order valence-electron chi connectivity index (χ4n) is 3.30. The molecule has 0 heterocycles. The second-order valence-corrected chi connectivity index (χ2v) is 7.90. The summed E-state index contributed by atoms with van der Waals surface area (Å²) >= 11 is 0. The van der Waals surface area contributed by atoms with Gasteiger partial charge in [-0.1, -0.05) is 50.2 Å². The van der Waals surface area contributed by atoms with Crippen molar-refractivity contribution in [1.82, 2.24) is 0 Å². The van der Waals surface area contributed by atoms with Crippen molar-refractivity contribution >= 4 is 23.9 Å². The number of hydrogen-bond acceptors (Lipinski definition) is 5. The van der Waals surface area contributed by atoms with Gasteiger partial charge in [-0.3, -0.25) is 9.59 Å². The Hall–Kier alpha value is -4.09. The minimum absolute atomic E-state index is 0.0300. The molecule has 196 valence electrons. The molecule has 4 N–H and O–H groups in total. The largest absolute Gasteiger partial charge is 0.481 e. The molecule has 2 aromatic rings. The van der Waals surface area contributed by atoms with E-state index in [4.69, 9.17) is 20.1 Å². The number of rotatable bonds is 9. The van der Waals surface area contributed by atoms with Crippen molar-refractivity contribution in [2.75, 3.05) is 6.61 Å². The molecule has 1 atom stereocenters. The van der Waals surface area contributed by atoms with Crippen LogP contribution in [0.2, 0.25) is 0 Å². The van der Waals surface area contributed by atoms with Crippen molar-refractivity contribution in [3.05, 3.63) is 64.2 Å². The van der Waals surface area contributed by atoms with E-state index in [2.05, 4.69) is 0 Å². The average Bonchev–Trinajstić information content (AvgIpc) is 2.71. The van der Waals surface area contributed by atoms with Gasteiger partial charge in [-0.25, -0.2) is 9.59 Å². The highest BCUT2D eigenvalue weighted by Gasteiger charge is 2.47. The zero-order valence-electron chi connectivity index (χ0n) is 19.5. The molecule has 0 saturated heterocycles. The van der Waals surface area contributed by atoms with Crippen LogP contribution in [0, 0.1) is 6.92 Å². The first kappa shape index (κ1) is 29.9. The third-order valence-corrected chi connectivity index (χ3v) is 4.85. The molecular weight excluding hydrogens is 489 g/mol. The maximum atomic E-state index is 12.6. The summed E-state index contributed by atoms with van der Waals surface area (Å²) in [4.78, 5) is 43.0. The topological polar surface area (TPSA) is 158 Å². The quantitative estimate of drug-likeness (QED) is 0.382. The number of aromatic carboxylic acids is 1. The number of alkyl halides is 3.